The Morgan fingerprint density at radius 2 is 2.00 bits per heavy atom. The van der Waals surface area contributed by atoms with Crippen molar-refractivity contribution >= 4 is 10.1 Å². The summed E-state index contributed by atoms with van der Waals surface area (Å²) in [4.78, 5) is 0. The first-order valence-corrected chi connectivity index (χ1v) is 4.38. The fraction of sp³-hybridized carbons (Fsp3) is 0.800. The summed E-state index contributed by atoms with van der Waals surface area (Å²) in [5, 5.41) is 7.59. The van der Waals surface area contributed by atoms with Crippen LogP contribution < -0.4 is 0 Å². The third-order valence-electron chi connectivity index (χ3n) is 1.20. The van der Waals surface area contributed by atoms with Gasteiger partial charge in [0.1, 0.15) is 11.4 Å². The largest absolute Gasteiger partial charge is 0.386 e. The number of hydrogen-bond acceptors (Lipinski definition) is 3. The standard InChI is InChI=1S/C5H11O4S/c1-3-5(4(2)6)10(7,8)9/h5-6H,3H2,1-2H3,(H,7,8,9). The molecule has 0 rings (SSSR count). The van der Waals surface area contributed by atoms with Gasteiger partial charge in [-0.05, 0) is 13.3 Å². The zero-order valence-electron chi connectivity index (χ0n) is 5.90. The lowest BCUT2D eigenvalue weighted by molar-refractivity contribution is 0.289. The van der Waals surface area contributed by atoms with E-state index in [9.17, 15) is 8.42 Å². The molecular formula is C5H11O4S. The third-order valence-corrected chi connectivity index (χ3v) is 2.59. The highest BCUT2D eigenvalue weighted by molar-refractivity contribution is 7.86. The molecule has 0 saturated carbocycles. The van der Waals surface area contributed by atoms with E-state index in [1.165, 1.54) is 6.92 Å². The first-order valence-electron chi connectivity index (χ1n) is 2.88. The van der Waals surface area contributed by atoms with Crippen molar-refractivity contribution in [1.29, 1.82) is 0 Å². The van der Waals surface area contributed by atoms with Crippen LogP contribution in [0.25, 0.3) is 0 Å². The normalized spacial score (nSPS) is 15.7. The smallest absolute Gasteiger partial charge is 0.270 e. The van der Waals surface area contributed by atoms with E-state index in [-0.39, 0.29) is 12.5 Å². The maximum Gasteiger partial charge on any atom is 0.270 e. The highest BCUT2D eigenvalue weighted by atomic mass is 32.2. The molecular weight excluding hydrogens is 156 g/mol. The predicted octanol–water partition coefficient (Wildman–Crippen LogP) is 0.577. The topological polar surface area (TPSA) is 74.6 Å². The Bertz CT molecular complexity index is 182. The van der Waals surface area contributed by atoms with E-state index >= 15 is 0 Å². The van der Waals surface area contributed by atoms with Gasteiger partial charge in [0.15, 0.2) is 0 Å². The fourth-order valence-electron chi connectivity index (χ4n) is 0.722. The molecule has 1 unspecified atom stereocenters. The monoisotopic (exact) mass is 167 g/mol. The molecule has 0 aliphatic rings. The van der Waals surface area contributed by atoms with Crippen LogP contribution in [-0.2, 0) is 10.1 Å². The molecule has 5 heteroatoms. The second kappa shape index (κ2) is 3.32. The summed E-state index contributed by atoms with van der Waals surface area (Å²) in [6, 6.07) is 0. The van der Waals surface area contributed by atoms with Crippen molar-refractivity contribution in [2.24, 2.45) is 0 Å². The molecule has 0 aromatic rings. The van der Waals surface area contributed by atoms with Crippen molar-refractivity contribution in [3.63, 3.8) is 0 Å². The van der Waals surface area contributed by atoms with Crippen molar-refractivity contribution in [3.8, 4) is 0 Å². The minimum absolute atomic E-state index is 0.182. The van der Waals surface area contributed by atoms with E-state index in [1.807, 2.05) is 0 Å². The predicted molar refractivity (Wildman–Crippen MR) is 36.5 cm³/mol. The molecule has 4 nitrogen and oxygen atoms in total. The molecule has 0 bridgehead atoms. The molecule has 61 valence electrons. The van der Waals surface area contributed by atoms with E-state index in [4.69, 9.17) is 9.66 Å². The summed E-state index contributed by atoms with van der Waals surface area (Å²) < 4.78 is 29.2. The van der Waals surface area contributed by atoms with Gasteiger partial charge >= 0.3 is 0 Å². The van der Waals surface area contributed by atoms with Crippen LogP contribution in [-0.4, -0.2) is 23.3 Å². The van der Waals surface area contributed by atoms with Gasteiger partial charge in [-0.1, -0.05) is 6.92 Å². The molecule has 0 aromatic heterocycles. The van der Waals surface area contributed by atoms with Crippen LogP contribution >= 0.6 is 0 Å². The Morgan fingerprint density at radius 3 is 2.00 bits per heavy atom. The van der Waals surface area contributed by atoms with Crippen molar-refractivity contribution in [1.82, 2.24) is 0 Å². The first-order chi connectivity index (χ1) is 4.39. The summed E-state index contributed by atoms with van der Waals surface area (Å²) in [6.45, 7) is 2.82. The van der Waals surface area contributed by atoms with Crippen molar-refractivity contribution in [2.75, 3.05) is 0 Å². The van der Waals surface area contributed by atoms with Crippen LogP contribution in [0.15, 0.2) is 0 Å². The molecule has 0 aliphatic heterocycles. The van der Waals surface area contributed by atoms with E-state index in [0.717, 1.165) is 0 Å². The van der Waals surface area contributed by atoms with Gasteiger partial charge in [-0.3, -0.25) is 4.55 Å². The quantitative estimate of drug-likeness (QED) is 0.603. The maximum absolute atomic E-state index is 10.4. The van der Waals surface area contributed by atoms with Gasteiger partial charge in [-0.15, -0.1) is 0 Å². The molecule has 0 aromatic carbocycles. The molecule has 0 aliphatic carbocycles. The Kier molecular flexibility index (Phi) is 3.27. The lowest BCUT2D eigenvalue weighted by Crippen LogP contribution is -2.25. The zero-order valence-corrected chi connectivity index (χ0v) is 6.72. The first kappa shape index (κ1) is 9.87. The van der Waals surface area contributed by atoms with Crippen LogP contribution in [0.2, 0.25) is 0 Å². The summed E-state index contributed by atoms with van der Waals surface area (Å²) in [5.41, 5.74) is 0. The Labute approximate surface area is 60.6 Å². The maximum atomic E-state index is 10.4. The van der Waals surface area contributed by atoms with Crippen molar-refractivity contribution in [3.05, 3.63) is 6.10 Å². The summed E-state index contributed by atoms with van der Waals surface area (Å²) in [7, 11) is -4.10. The highest BCUT2D eigenvalue weighted by Crippen LogP contribution is 2.13. The van der Waals surface area contributed by atoms with Crippen LogP contribution in [0.3, 0.4) is 0 Å². The number of hydrogen-bond donors (Lipinski definition) is 2. The summed E-state index contributed by atoms with van der Waals surface area (Å²) >= 11 is 0. The molecule has 0 spiro atoms. The molecule has 0 amide bonds. The molecule has 10 heavy (non-hydrogen) atoms. The minimum Gasteiger partial charge on any atom is -0.386 e. The summed E-state index contributed by atoms with van der Waals surface area (Å²) in [5.74, 6) is 0. The van der Waals surface area contributed by atoms with E-state index < -0.39 is 15.4 Å². The average molecular weight is 167 g/mol. The molecule has 0 fully saturated rings. The van der Waals surface area contributed by atoms with Gasteiger partial charge in [-0.2, -0.15) is 8.42 Å². The second-order valence-electron chi connectivity index (χ2n) is 2.05. The van der Waals surface area contributed by atoms with Gasteiger partial charge in [-0.25, -0.2) is 0 Å². The van der Waals surface area contributed by atoms with Crippen molar-refractivity contribution in [2.45, 2.75) is 25.5 Å². The third kappa shape index (κ3) is 2.64. The lowest BCUT2D eigenvalue weighted by Gasteiger charge is -2.12. The molecule has 1 radical (unpaired) electrons. The van der Waals surface area contributed by atoms with Gasteiger partial charge in [0.25, 0.3) is 10.1 Å². The van der Waals surface area contributed by atoms with Crippen LogP contribution in [0, 0.1) is 6.10 Å². The van der Waals surface area contributed by atoms with Crippen LogP contribution in [0.4, 0.5) is 0 Å². The van der Waals surface area contributed by atoms with Crippen LogP contribution in [0.5, 0.6) is 0 Å². The molecule has 2 N–H and O–H groups in total. The van der Waals surface area contributed by atoms with E-state index in [2.05, 4.69) is 0 Å². The fourth-order valence-corrected chi connectivity index (χ4v) is 1.57. The Morgan fingerprint density at radius 1 is 1.60 bits per heavy atom. The molecule has 0 heterocycles. The Hall–Kier alpha value is -0.130. The number of aliphatic hydroxyl groups excluding tert-OH is 1. The van der Waals surface area contributed by atoms with Gasteiger partial charge in [0.05, 0.1) is 0 Å². The zero-order chi connectivity index (χ0) is 8.36. The van der Waals surface area contributed by atoms with Gasteiger partial charge in [0.2, 0.25) is 0 Å². The highest BCUT2D eigenvalue weighted by Gasteiger charge is 2.26. The Balaban J connectivity index is 4.38. The van der Waals surface area contributed by atoms with E-state index in [0.29, 0.717) is 0 Å². The van der Waals surface area contributed by atoms with E-state index in [1.54, 1.807) is 6.92 Å². The minimum atomic E-state index is -4.10. The average Bonchev–Trinajstić information content (AvgIpc) is 1.60. The van der Waals surface area contributed by atoms with Crippen molar-refractivity contribution < 1.29 is 18.1 Å². The number of rotatable bonds is 3. The lowest BCUT2D eigenvalue weighted by atomic mass is 10.2. The number of aliphatic hydroxyl groups is 1. The van der Waals surface area contributed by atoms with Gasteiger partial charge < -0.3 is 5.11 Å². The summed E-state index contributed by atoms with van der Waals surface area (Å²) in [6.07, 6.45) is -0.0914. The van der Waals surface area contributed by atoms with Crippen LogP contribution in [0.1, 0.15) is 20.3 Å². The second-order valence-corrected chi connectivity index (χ2v) is 3.65. The molecule has 1 atom stereocenters. The SMILES string of the molecule is CCC([C](C)O)S(=O)(=O)O. The van der Waals surface area contributed by atoms with Gasteiger partial charge in [0, 0.05) is 0 Å². The molecule has 0 saturated heterocycles.